The van der Waals surface area contributed by atoms with Crippen molar-refractivity contribution in [3.05, 3.63) is 108 Å². The monoisotopic (exact) mass is 844 g/mol. The van der Waals surface area contributed by atoms with Crippen molar-refractivity contribution in [1.82, 2.24) is 45.0 Å². The van der Waals surface area contributed by atoms with Crippen LogP contribution in [0.3, 0.4) is 0 Å². The van der Waals surface area contributed by atoms with Gasteiger partial charge in [-0.25, -0.2) is 9.97 Å². The Morgan fingerprint density at radius 2 is 1.74 bits per heavy atom. The molecule has 16 nitrogen and oxygen atoms in total. The van der Waals surface area contributed by atoms with Gasteiger partial charge in [0.2, 0.25) is 23.7 Å². The van der Waals surface area contributed by atoms with Crippen molar-refractivity contribution in [2.45, 2.75) is 71.8 Å². The highest BCUT2D eigenvalue weighted by Gasteiger charge is 2.45. The number of furan rings is 1. The van der Waals surface area contributed by atoms with Gasteiger partial charge >= 0.3 is 0 Å². The highest BCUT2D eigenvalue weighted by Crippen LogP contribution is 2.30. The van der Waals surface area contributed by atoms with E-state index in [0.717, 1.165) is 38.6 Å². The van der Waals surface area contributed by atoms with Gasteiger partial charge in [-0.1, -0.05) is 57.2 Å². The number of fused-ring (bicyclic) bond motifs is 1. The fraction of sp³-hybridized carbons (Fsp3) is 0.364. The van der Waals surface area contributed by atoms with Gasteiger partial charge in [-0.3, -0.25) is 23.6 Å². The Morgan fingerprint density at radius 3 is 2.44 bits per heavy atom. The normalized spacial score (nSPS) is 18.3. The molecule has 1 unspecified atom stereocenters. The van der Waals surface area contributed by atoms with Crippen molar-refractivity contribution < 1.29 is 28.7 Å². The van der Waals surface area contributed by atoms with Crippen molar-refractivity contribution in [2.24, 2.45) is 11.3 Å². The van der Waals surface area contributed by atoms with Crippen LogP contribution in [0.25, 0.3) is 27.2 Å². The van der Waals surface area contributed by atoms with Crippen LogP contribution in [-0.2, 0) is 27.5 Å². The molecule has 0 spiro atoms. The number of likely N-dealkylation sites (tertiary alicyclic amines) is 2. The van der Waals surface area contributed by atoms with E-state index in [1.165, 1.54) is 4.90 Å². The van der Waals surface area contributed by atoms with Gasteiger partial charge < -0.3 is 35.3 Å². The summed E-state index contributed by atoms with van der Waals surface area (Å²) in [6.45, 7) is 8.73. The number of aliphatic hydroxyl groups excluding tert-OH is 1. The SMILES string of the molecule is Cc1ncsc1-c1ccc(CNC(=O)[C@@H]2C[C@@H](O)CN2C(=O)[C@@H](NC(=O)C2CCN(C(=O)c3ccc(-c4cnc(NCc5ccco5)n5cnnc45)cc3)C2)C(C)(C)C)cc1. The summed E-state index contributed by atoms with van der Waals surface area (Å²) in [7, 11) is 0. The van der Waals surface area contributed by atoms with E-state index >= 15 is 0 Å². The third-order valence-corrected chi connectivity index (χ3v) is 12.3. The van der Waals surface area contributed by atoms with E-state index in [-0.39, 0.29) is 43.8 Å². The van der Waals surface area contributed by atoms with Crippen LogP contribution in [0, 0.1) is 18.3 Å². The summed E-state index contributed by atoms with van der Waals surface area (Å²) in [6, 6.07) is 16.8. The fourth-order valence-electron chi connectivity index (χ4n) is 7.91. The predicted octanol–water partition coefficient (Wildman–Crippen LogP) is 4.70. The maximum atomic E-state index is 14.2. The van der Waals surface area contributed by atoms with E-state index in [1.54, 1.807) is 51.6 Å². The third kappa shape index (κ3) is 8.88. The van der Waals surface area contributed by atoms with Crippen LogP contribution < -0.4 is 16.0 Å². The number of aliphatic hydroxyl groups is 1. The lowest BCUT2D eigenvalue weighted by atomic mass is 9.85. The van der Waals surface area contributed by atoms with Crippen molar-refractivity contribution in [2.75, 3.05) is 25.0 Å². The Kier molecular flexibility index (Phi) is 11.7. The molecule has 4 N–H and O–H groups in total. The zero-order valence-corrected chi connectivity index (χ0v) is 35.2. The highest BCUT2D eigenvalue weighted by atomic mass is 32.1. The maximum Gasteiger partial charge on any atom is 0.253 e. The molecule has 4 atom stereocenters. The van der Waals surface area contributed by atoms with Crippen LogP contribution in [0.4, 0.5) is 5.95 Å². The quantitative estimate of drug-likeness (QED) is 0.133. The Labute approximate surface area is 356 Å². The average molecular weight is 845 g/mol. The molecular weight excluding hydrogens is 797 g/mol. The first-order chi connectivity index (χ1) is 29.3. The van der Waals surface area contributed by atoms with Crippen molar-refractivity contribution >= 4 is 46.6 Å². The van der Waals surface area contributed by atoms with Crippen LogP contribution in [0.1, 0.15) is 61.0 Å². The second-order valence-electron chi connectivity index (χ2n) is 16.7. The number of carbonyl (C=O) groups excluding carboxylic acids is 4. The van der Waals surface area contributed by atoms with Gasteiger partial charge in [-0.2, -0.15) is 0 Å². The van der Waals surface area contributed by atoms with E-state index in [1.807, 2.05) is 81.7 Å². The molecule has 4 amide bonds. The van der Waals surface area contributed by atoms with Crippen LogP contribution in [0.15, 0.2) is 89.4 Å². The van der Waals surface area contributed by atoms with Crippen molar-refractivity contribution in [3.8, 4) is 21.6 Å². The molecule has 2 aliphatic heterocycles. The minimum atomic E-state index is -0.979. The van der Waals surface area contributed by atoms with Crippen LogP contribution >= 0.6 is 11.3 Å². The van der Waals surface area contributed by atoms with E-state index < -0.39 is 35.4 Å². The predicted molar refractivity (Wildman–Crippen MR) is 228 cm³/mol. The lowest BCUT2D eigenvalue weighted by Crippen LogP contribution is -2.58. The smallest absolute Gasteiger partial charge is 0.253 e. The Bertz CT molecular complexity index is 2530. The van der Waals surface area contributed by atoms with Gasteiger partial charge in [0, 0.05) is 49.9 Å². The molecule has 0 radical (unpaired) electrons. The lowest BCUT2D eigenvalue weighted by molar-refractivity contribution is -0.144. The number of rotatable bonds is 12. The molecule has 2 saturated heterocycles. The standard InChI is InChI=1S/C44H48N10O6S/c1-26-36(61-25-48-26)29-9-7-27(8-10-29)19-45-40(57)35-18-32(55)23-53(35)42(59)37(44(2,3)4)50-39(56)31-15-16-52(22-31)41(58)30-13-11-28(12-14-30)34-21-47-43(54-24-49-51-38(34)54)46-20-33-6-5-17-60-33/h5-14,17,21,24-25,31-32,35,37,55H,15-16,18-20,22-23H2,1-4H3,(H,45,57)(H,46,47)(H,50,56)/t31?,32-,35+,37-/m1/s1. The fourth-order valence-corrected chi connectivity index (χ4v) is 8.72. The van der Waals surface area contributed by atoms with Gasteiger partial charge in [-0.05, 0) is 59.7 Å². The summed E-state index contributed by atoms with van der Waals surface area (Å²) in [6.07, 6.45) is 4.52. The number of carbonyl (C=O) groups is 4. The summed E-state index contributed by atoms with van der Waals surface area (Å²) in [5.74, 6) is -0.595. The number of β-amino-alcohol motifs (C(OH)–C–C–N with tert-alkyl or cyclic N) is 1. The molecule has 316 valence electrons. The van der Waals surface area contributed by atoms with E-state index in [4.69, 9.17) is 4.42 Å². The number of hydrogen-bond donors (Lipinski definition) is 4. The minimum absolute atomic E-state index is 0.0256. The summed E-state index contributed by atoms with van der Waals surface area (Å²) >= 11 is 1.57. The van der Waals surface area contributed by atoms with Crippen LogP contribution in [-0.4, -0.2) is 101 Å². The van der Waals surface area contributed by atoms with E-state index in [2.05, 4.69) is 36.1 Å². The molecule has 61 heavy (non-hydrogen) atoms. The number of anilines is 1. The van der Waals surface area contributed by atoms with Gasteiger partial charge in [0.25, 0.3) is 5.91 Å². The summed E-state index contributed by atoms with van der Waals surface area (Å²) in [5, 5.41) is 28.2. The maximum absolute atomic E-state index is 14.2. The molecule has 2 fully saturated rings. The molecule has 6 heterocycles. The Balaban J connectivity index is 0.873. The second-order valence-corrected chi connectivity index (χ2v) is 17.5. The molecule has 0 saturated carbocycles. The molecule has 17 heteroatoms. The topological polar surface area (TPSA) is 200 Å². The Morgan fingerprint density at radius 1 is 0.967 bits per heavy atom. The first kappa shape index (κ1) is 41.3. The van der Waals surface area contributed by atoms with Gasteiger partial charge in [0.05, 0.1) is 40.9 Å². The van der Waals surface area contributed by atoms with Crippen LogP contribution in [0.2, 0.25) is 0 Å². The second kappa shape index (κ2) is 17.3. The van der Waals surface area contributed by atoms with Gasteiger partial charge in [0.15, 0.2) is 5.65 Å². The molecule has 0 aliphatic carbocycles. The Hall–Kier alpha value is -6.46. The van der Waals surface area contributed by atoms with E-state index in [9.17, 15) is 24.3 Å². The zero-order chi connectivity index (χ0) is 42.8. The number of amides is 4. The van der Waals surface area contributed by atoms with E-state index in [0.29, 0.717) is 36.7 Å². The molecule has 0 bridgehead atoms. The summed E-state index contributed by atoms with van der Waals surface area (Å²) in [5.41, 5.74) is 6.58. The molecule has 2 aromatic carbocycles. The minimum Gasteiger partial charge on any atom is -0.467 e. The zero-order valence-electron chi connectivity index (χ0n) is 34.4. The first-order valence-corrected chi connectivity index (χ1v) is 21.1. The number of aromatic nitrogens is 5. The van der Waals surface area contributed by atoms with Gasteiger partial charge in [-0.15, -0.1) is 21.5 Å². The van der Waals surface area contributed by atoms with Crippen molar-refractivity contribution in [1.29, 1.82) is 0 Å². The average Bonchev–Trinajstić information content (AvgIpc) is 4.12. The third-order valence-electron chi connectivity index (χ3n) is 11.3. The molecule has 8 rings (SSSR count). The van der Waals surface area contributed by atoms with Crippen LogP contribution in [0.5, 0.6) is 0 Å². The molecule has 2 aliphatic rings. The lowest BCUT2D eigenvalue weighted by Gasteiger charge is -2.35. The molecular formula is C44H48N10O6S. The largest absolute Gasteiger partial charge is 0.467 e. The number of thiazole rings is 1. The van der Waals surface area contributed by atoms with Gasteiger partial charge in [0.1, 0.15) is 24.2 Å². The number of nitrogens with zero attached hydrogens (tertiary/aromatic N) is 7. The number of benzene rings is 2. The summed E-state index contributed by atoms with van der Waals surface area (Å²) < 4.78 is 7.16. The number of hydrogen-bond acceptors (Lipinski definition) is 12. The number of nitrogens with one attached hydrogen (secondary N) is 3. The first-order valence-electron chi connectivity index (χ1n) is 20.2. The molecule has 6 aromatic rings. The summed E-state index contributed by atoms with van der Waals surface area (Å²) in [4.78, 5) is 68.3. The van der Waals surface area contributed by atoms with Crippen molar-refractivity contribution in [3.63, 3.8) is 0 Å². The molecule has 4 aromatic heterocycles. The number of aryl methyl sites for hydroxylation is 1. The highest BCUT2D eigenvalue weighted by molar-refractivity contribution is 7.13.